The number of carbonyl (C=O) groups excluding carboxylic acids is 1. The average molecular weight is 412 g/mol. The molecule has 4 rings (SSSR count). The van der Waals surface area contributed by atoms with E-state index in [1.807, 2.05) is 60.5 Å². The van der Waals surface area contributed by atoms with Gasteiger partial charge < -0.3 is 14.6 Å². The Morgan fingerprint density at radius 1 is 1.17 bits per heavy atom. The van der Waals surface area contributed by atoms with Crippen molar-refractivity contribution in [3.63, 3.8) is 0 Å². The average Bonchev–Trinajstić information content (AvgIpc) is 3.24. The molecule has 0 spiro atoms. The van der Waals surface area contributed by atoms with Crippen LogP contribution in [0.3, 0.4) is 0 Å². The molecule has 152 valence electrons. The van der Waals surface area contributed by atoms with Crippen LogP contribution in [0.4, 0.5) is 0 Å². The van der Waals surface area contributed by atoms with Crippen LogP contribution in [0.1, 0.15) is 28.8 Å². The molecular weight excluding hydrogens is 386 g/mol. The first-order valence-corrected chi connectivity index (χ1v) is 9.74. The van der Waals surface area contributed by atoms with Crippen LogP contribution in [0.15, 0.2) is 59.1 Å². The Morgan fingerprint density at radius 3 is 2.69 bits per heavy atom. The van der Waals surface area contributed by atoms with Crippen molar-refractivity contribution in [1.82, 2.24) is 15.2 Å². The van der Waals surface area contributed by atoms with E-state index in [0.29, 0.717) is 23.3 Å². The van der Waals surface area contributed by atoms with Gasteiger partial charge in [0.05, 0.1) is 11.8 Å². The maximum absolute atomic E-state index is 13.2. The minimum Gasteiger partial charge on any atom is -0.436 e. The Morgan fingerprint density at radius 2 is 1.93 bits per heavy atom. The normalized spacial score (nSPS) is 16.3. The van der Waals surface area contributed by atoms with Crippen molar-refractivity contribution in [2.75, 3.05) is 20.1 Å². The SMILES string of the molecule is CNC1CCCN(C(=O)c2ccccc2-c2ncc(-c3ccc(C)cc3)o2)C1.Cl. The summed E-state index contributed by atoms with van der Waals surface area (Å²) in [5.41, 5.74) is 3.54. The van der Waals surface area contributed by atoms with E-state index in [2.05, 4.69) is 17.2 Å². The van der Waals surface area contributed by atoms with Crippen LogP contribution in [-0.2, 0) is 0 Å². The predicted molar refractivity (Wildman–Crippen MR) is 117 cm³/mol. The zero-order valence-electron chi connectivity index (χ0n) is 16.7. The fourth-order valence-corrected chi connectivity index (χ4v) is 3.67. The smallest absolute Gasteiger partial charge is 0.254 e. The molecule has 1 aliphatic heterocycles. The van der Waals surface area contributed by atoms with E-state index >= 15 is 0 Å². The number of nitrogens with zero attached hydrogens (tertiary/aromatic N) is 2. The predicted octanol–water partition coefficient (Wildman–Crippen LogP) is 4.56. The van der Waals surface area contributed by atoms with Gasteiger partial charge in [-0.1, -0.05) is 42.0 Å². The number of carbonyl (C=O) groups is 1. The molecule has 0 saturated carbocycles. The molecule has 0 bridgehead atoms. The molecule has 1 aromatic heterocycles. The summed E-state index contributed by atoms with van der Waals surface area (Å²) < 4.78 is 6.02. The fraction of sp³-hybridized carbons (Fsp3) is 0.304. The third-order valence-electron chi connectivity index (χ3n) is 5.35. The summed E-state index contributed by atoms with van der Waals surface area (Å²) in [6.45, 7) is 3.56. The van der Waals surface area contributed by atoms with Gasteiger partial charge in [0.1, 0.15) is 0 Å². The minimum atomic E-state index is 0. The molecule has 1 fully saturated rings. The number of benzene rings is 2. The topological polar surface area (TPSA) is 58.4 Å². The lowest BCUT2D eigenvalue weighted by Gasteiger charge is -2.32. The Balaban J connectivity index is 0.00000240. The van der Waals surface area contributed by atoms with Crippen molar-refractivity contribution in [3.8, 4) is 22.8 Å². The van der Waals surface area contributed by atoms with Crippen LogP contribution in [0, 0.1) is 6.92 Å². The zero-order valence-corrected chi connectivity index (χ0v) is 17.5. The van der Waals surface area contributed by atoms with Crippen LogP contribution in [0.2, 0.25) is 0 Å². The van der Waals surface area contributed by atoms with Crippen LogP contribution in [-0.4, -0.2) is 42.0 Å². The van der Waals surface area contributed by atoms with Crippen molar-refractivity contribution in [2.45, 2.75) is 25.8 Å². The largest absolute Gasteiger partial charge is 0.436 e. The molecule has 0 radical (unpaired) electrons. The first kappa shape index (κ1) is 21.1. The molecule has 1 aliphatic rings. The third-order valence-corrected chi connectivity index (χ3v) is 5.35. The molecule has 5 nitrogen and oxygen atoms in total. The Kier molecular flexibility index (Phi) is 6.72. The standard InChI is InChI=1S/C23H25N3O2.ClH/c1-16-9-11-17(12-10-16)21-14-25-22(28-21)19-7-3-4-8-20(19)23(27)26-13-5-6-18(15-26)24-2;/h3-4,7-12,14,18,24H,5-6,13,15H2,1-2H3;1H. The van der Waals surface area contributed by atoms with Gasteiger partial charge in [-0.15, -0.1) is 12.4 Å². The lowest BCUT2D eigenvalue weighted by molar-refractivity contribution is 0.0698. The summed E-state index contributed by atoms with van der Waals surface area (Å²) in [7, 11) is 1.95. The monoisotopic (exact) mass is 411 g/mol. The van der Waals surface area contributed by atoms with Crippen molar-refractivity contribution < 1.29 is 9.21 Å². The maximum atomic E-state index is 13.2. The van der Waals surface area contributed by atoms with Crippen LogP contribution < -0.4 is 5.32 Å². The van der Waals surface area contributed by atoms with Crippen LogP contribution in [0.5, 0.6) is 0 Å². The van der Waals surface area contributed by atoms with Gasteiger partial charge in [-0.25, -0.2) is 4.98 Å². The van der Waals surface area contributed by atoms with Crippen LogP contribution >= 0.6 is 12.4 Å². The Labute approximate surface area is 177 Å². The van der Waals surface area contributed by atoms with Gasteiger partial charge >= 0.3 is 0 Å². The second-order valence-electron chi connectivity index (χ2n) is 7.32. The molecule has 1 saturated heterocycles. The number of aryl methyl sites for hydroxylation is 1. The summed E-state index contributed by atoms with van der Waals surface area (Å²) in [6, 6.07) is 16.0. The Bertz CT molecular complexity index is 968. The van der Waals surface area contributed by atoms with E-state index in [9.17, 15) is 4.79 Å². The number of hydrogen-bond acceptors (Lipinski definition) is 4. The number of hydrogen-bond donors (Lipinski definition) is 1. The highest BCUT2D eigenvalue weighted by molar-refractivity contribution is 6.00. The molecule has 1 unspecified atom stereocenters. The van der Waals surface area contributed by atoms with Crippen molar-refractivity contribution >= 4 is 18.3 Å². The maximum Gasteiger partial charge on any atom is 0.254 e. The van der Waals surface area contributed by atoms with Gasteiger partial charge in [0.15, 0.2) is 5.76 Å². The number of likely N-dealkylation sites (tertiary alicyclic amines) is 1. The molecule has 6 heteroatoms. The van der Waals surface area contributed by atoms with Crippen molar-refractivity contribution in [3.05, 3.63) is 65.9 Å². The summed E-state index contributed by atoms with van der Waals surface area (Å²) in [6.07, 6.45) is 3.83. The van der Waals surface area contributed by atoms with Gasteiger partial charge in [0, 0.05) is 30.3 Å². The van der Waals surface area contributed by atoms with Gasteiger partial charge in [-0.2, -0.15) is 0 Å². The highest BCUT2D eigenvalue weighted by Crippen LogP contribution is 2.29. The quantitative estimate of drug-likeness (QED) is 0.683. The first-order valence-electron chi connectivity index (χ1n) is 9.74. The number of amides is 1. The van der Waals surface area contributed by atoms with Crippen LogP contribution in [0.25, 0.3) is 22.8 Å². The number of halogens is 1. The van der Waals surface area contributed by atoms with E-state index < -0.39 is 0 Å². The number of piperidine rings is 1. The minimum absolute atomic E-state index is 0. The van der Waals surface area contributed by atoms with E-state index in [0.717, 1.165) is 37.1 Å². The molecule has 2 heterocycles. The highest BCUT2D eigenvalue weighted by atomic mass is 35.5. The molecule has 1 atom stereocenters. The second-order valence-corrected chi connectivity index (χ2v) is 7.32. The van der Waals surface area contributed by atoms with Crippen molar-refractivity contribution in [2.24, 2.45) is 0 Å². The van der Waals surface area contributed by atoms with E-state index in [-0.39, 0.29) is 18.3 Å². The highest BCUT2D eigenvalue weighted by Gasteiger charge is 2.26. The molecule has 29 heavy (non-hydrogen) atoms. The zero-order chi connectivity index (χ0) is 19.5. The van der Waals surface area contributed by atoms with E-state index in [1.165, 1.54) is 5.56 Å². The van der Waals surface area contributed by atoms with Gasteiger partial charge in [0.25, 0.3) is 5.91 Å². The number of likely N-dealkylation sites (N-methyl/N-ethyl adjacent to an activating group) is 1. The fourth-order valence-electron chi connectivity index (χ4n) is 3.67. The van der Waals surface area contributed by atoms with Crippen molar-refractivity contribution in [1.29, 1.82) is 0 Å². The van der Waals surface area contributed by atoms with E-state index in [4.69, 9.17) is 4.42 Å². The molecular formula is C23H26ClN3O2. The number of aromatic nitrogens is 1. The Hall–Kier alpha value is -2.63. The number of nitrogens with one attached hydrogen (secondary N) is 1. The molecule has 1 N–H and O–H groups in total. The third kappa shape index (κ3) is 4.52. The molecule has 0 aliphatic carbocycles. The first-order chi connectivity index (χ1) is 13.7. The molecule has 1 amide bonds. The summed E-state index contributed by atoms with van der Waals surface area (Å²) in [4.78, 5) is 19.6. The second kappa shape index (κ2) is 9.25. The number of rotatable bonds is 4. The summed E-state index contributed by atoms with van der Waals surface area (Å²) in [5.74, 6) is 1.21. The molecule has 3 aromatic rings. The van der Waals surface area contributed by atoms with E-state index in [1.54, 1.807) is 6.20 Å². The summed E-state index contributed by atoms with van der Waals surface area (Å²) in [5, 5.41) is 3.29. The van der Waals surface area contributed by atoms with Gasteiger partial charge in [-0.3, -0.25) is 4.79 Å². The summed E-state index contributed by atoms with van der Waals surface area (Å²) >= 11 is 0. The van der Waals surface area contributed by atoms with Gasteiger partial charge in [0.2, 0.25) is 5.89 Å². The lowest BCUT2D eigenvalue weighted by Crippen LogP contribution is -2.47. The number of oxazole rings is 1. The van der Waals surface area contributed by atoms with Gasteiger partial charge in [-0.05, 0) is 38.9 Å². The molecule has 2 aromatic carbocycles. The lowest BCUT2D eigenvalue weighted by atomic mass is 10.0.